The van der Waals surface area contributed by atoms with Crippen LogP contribution < -0.4 is 16.2 Å². The van der Waals surface area contributed by atoms with Crippen molar-refractivity contribution in [3.63, 3.8) is 0 Å². The average Bonchev–Trinajstić information content (AvgIpc) is 3.80. The molecule has 4 heterocycles. The van der Waals surface area contributed by atoms with Crippen LogP contribution in [-0.4, -0.2) is 26.1 Å². The van der Waals surface area contributed by atoms with Gasteiger partial charge in [0.2, 0.25) is 11.8 Å². The number of aryl methyl sites for hydroxylation is 3. The molecule has 0 radical (unpaired) electrons. The van der Waals surface area contributed by atoms with E-state index in [1.54, 1.807) is 24.2 Å². The van der Waals surface area contributed by atoms with Crippen LogP contribution in [0.3, 0.4) is 0 Å². The van der Waals surface area contributed by atoms with Gasteiger partial charge in [-0.25, -0.2) is 9.37 Å². The van der Waals surface area contributed by atoms with Gasteiger partial charge in [-0.1, -0.05) is 38.1 Å². The highest BCUT2D eigenvalue weighted by Gasteiger charge is 2.29. The van der Waals surface area contributed by atoms with Gasteiger partial charge in [0.05, 0.1) is 27.2 Å². The first-order chi connectivity index (χ1) is 22.7. The Morgan fingerprint density at radius 1 is 1.02 bits per heavy atom. The SMILES string of the molecule is Cc1nnc(-c2c(COc3ccc(F)cc3)nc(CC(C)C)c(C(N)=O)c2-c2cc3ccnc(N)c3s2)o1.c1ccc2c(c1)CCC2. The number of rotatable bonds is 8. The molecule has 1 amide bonds. The minimum Gasteiger partial charge on any atom is -0.487 e. The molecule has 9 nitrogen and oxygen atoms in total. The Morgan fingerprint density at radius 3 is 2.36 bits per heavy atom. The number of carbonyl (C=O) groups is 1. The number of aromatic nitrogens is 4. The summed E-state index contributed by atoms with van der Waals surface area (Å²) in [6, 6.07) is 18.2. The smallest absolute Gasteiger partial charge is 0.251 e. The van der Waals surface area contributed by atoms with Gasteiger partial charge in [0.15, 0.2) is 0 Å². The molecule has 7 rings (SSSR count). The number of carbonyl (C=O) groups excluding carboxylic acids is 1. The Hall–Kier alpha value is -5.16. The number of primary amides is 1. The minimum absolute atomic E-state index is 0.00583. The molecular weight excluding hydrogens is 616 g/mol. The maximum Gasteiger partial charge on any atom is 0.251 e. The standard InChI is InChI=1S/C27H25FN6O3S.C9H10/c1-13(2)10-18-21(26(30)35)23(20-11-15-8-9-31-25(29)24(15)38-20)22(27-34-33-14(3)37-27)19(32-18)12-36-17-6-4-16(28)5-7-17;1-2-5-9-7-3-6-8(9)4-1/h4-9,11,13H,10,12H2,1-3H3,(H2,29,31)(H2,30,35);1-2,4-5H,3,6-7H2. The monoisotopic (exact) mass is 650 g/mol. The maximum absolute atomic E-state index is 13.4. The number of nitrogens with two attached hydrogens (primary N) is 2. The van der Waals surface area contributed by atoms with Crippen LogP contribution in [0.4, 0.5) is 10.2 Å². The molecule has 11 heteroatoms. The summed E-state index contributed by atoms with van der Waals surface area (Å²) in [7, 11) is 0. The molecule has 0 aliphatic heterocycles. The molecule has 4 aromatic heterocycles. The Labute approximate surface area is 275 Å². The molecule has 1 aliphatic carbocycles. The van der Waals surface area contributed by atoms with Gasteiger partial charge < -0.3 is 20.6 Å². The second-order valence-corrected chi connectivity index (χ2v) is 12.9. The second-order valence-electron chi connectivity index (χ2n) is 11.8. The molecule has 6 aromatic rings. The van der Waals surface area contributed by atoms with Crippen molar-refractivity contribution in [2.75, 3.05) is 5.73 Å². The molecule has 4 N–H and O–H groups in total. The fourth-order valence-corrected chi connectivity index (χ4v) is 6.89. The van der Waals surface area contributed by atoms with E-state index in [-0.39, 0.29) is 29.8 Å². The van der Waals surface area contributed by atoms with Gasteiger partial charge >= 0.3 is 0 Å². The summed E-state index contributed by atoms with van der Waals surface area (Å²) in [5, 5.41) is 9.11. The molecule has 0 fully saturated rings. The molecule has 0 saturated carbocycles. The van der Waals surface area contributed by atoms with Crippen molar-refractivity contribution in [2.24, 2.45) is 11.7 Å². The number of thiophene rings is 1. The van der Waals surface area contributed by atoms with Crippen molar-refractivity contribution in [2.45, 2.75) is 53.1 Å². The lowest BCUT2D eigenvalue weighted by atomic mass is 9.92. The van der Waals surface area contributed by atoms with Crippen molar-refractivity contribution >= 4 is 33.1 Å². The second kappa shape index (κ2) is 13.7. The first kappa shape index (κ1) is 31.8. The molecule has 1 aliphatic rings. The zero-order valence-corrected chi connectivity index (χ0v) is 27.2. The molecular formula is C36H35FN6O3S. The predicted molar refractivity (Wildman–Crippen MR) is 182 cm³/mol. The average molecular weight is 651 g/mol. The largest absolute Gasteiger partial charge is 0.487 e. The number of hydrogen-bond donors (Lipinski definition) is 2. The first-order valence-corrected chi connectivity index (χ1v) is 16.2. The van der Waals surface area contributed by atoms with Crippen LogP contribution >= 0.6 is 11.3 Å². The molecule has 0 saturated heterocycles. The summed E-state index contributed by atoms with van der Waals surface area (Å²) >= 11 is 1.38. The Morgan fingerprint density at radius 2 is 1.74 bits per heavy atom. The third kappa shape index (κ3) is 7.00. The highest BCUT2D eigenvalue weighted by molar-refractivity contribution is 7.22. The van der Waals surface area contributed by atoms with Crippen molar-refractivity contribution in [3.8, 4) is 27.6 Å². The highest BCUT2D eigenvalue weighted by atomic mass is 32.1. The van der Waals surface area contributed by atoms with E-state index >= 15 is 0 Å². The topological polar surface area (TPSA) is 143 Å². The number of amides is 1. The van der Waals surface area contributed by atoms with Gasteiger partial charge in [-0.3, -0.25) is 9.78 Å². The molecule has 240 valence electrons. The highest BCUT2D eigenvalue weighted by Crippen LogP contribution is 2.44. The van der Waals surface area contributed by atoms with E-state index in [4.69, 9.17) is 25.6 Å². The number of nitrogens with zero attached hydrogens (tertiary/aromatic N) is 4. The van der Waals surface area contributed by atoms with E-state index in [1.165, 1.54) is 54.9 Å². The van der Waals surface area contributed by atoms with E-state index in [0.717, 1.165) is 15.0 Å². The van der Waals surface area contributed by atoms with Crippen LogP contribution in [-0.2, 0) is 25.9 Å². The number of hydrogen-bond acceptors (Lipinski definition) is 9. The van der Waals surface area contributed by atoms with Gasteiger partial charge in [0, 0.05) is 23.6 Å². The van der Waals surface area contributed by atoms with Gasteiger partial charge in [-0.15, -0.1) is 21.5 Å². The van der Waals surface area contributed by atoms with Crippen molar-refractivity contribution in [1.82, 2.24) is 20.2 Å². The van der Waals surface area contributed by atoms with E-state index in [9.17, 15) is 9.18 Å². The lowest BCUT2D eigenvalue weighted by Gasteiger charge is -2.19. The molecule has 0 unspecified atom stereocenters. The Kier molecular flexibility index (Phi) is 9.26. The number of nitrogen functional groups attached to an aromatic ring is 1. The summed E-state index contributed by atoms with van der Waals surface area (Å²) in [5.74, 6) is 0.521. The van der Waals surface area contributed by atoms with E-state index in [1.807, 2.05) is 26.0 Å². The van der Waals surface area contributed by atoms with Gasteiger partial charge in [0.1, 0.15) is 24.0 Å². The predicted octanol–water partition coefficient (Wildman–Crippen LogP) is 7.49. The van der Waals surface area contributed by atoms with Gasteiger partial charge in [-0.2, -0.15) is 0 Å². The summed E-state index contributed by atoms with van der Waals surface area (Å²) < 4.78 is 26.0. The van der Waals surface area contributed by atoms with E-state index in [0.29, 0.717) is 46.4 Å². The number of anilines is 1. The quantitative estimate of drug-likeness (QED) is 0.173. The lowest BCUT2D eigenvalue weighted by Crippen LogP contribution is -2.20. The number of benzene rings is 2. The van der Waals surface area contributed by atoms with Crippen LogP contribution in [0.1, 0.15) is 59.0 Å². The number of pyridine rings is 2. The van der Waals surface area contributed by atoms with Crippen LogP contribution in [0.25, 0.3) is 32.0 Å². The summed E-state index contributed by atoms with van der Waals surface area (Å²) in [6.07, 6.45) is 6.09. The molecule has 0 spiro atoms. The number of halogens is 1. The Balaban J connectivity index is 0.000000366. The van der Waals surface area contributed by atoms with Crippen molar-refractivity contribution in [3.05, 3.63) is 107 Å². The Bertz CT molecular complexity index is 2030. The molecule has 0 bridgehead atoms. The molecule has 2 aromatic carbocycles. The minimum atomic E-state index is -0.629. The van der Waals surface area contributed by atoms with Crippen molar-refractivity contribution < 1.29 is 18.3 Å². The molecule has 47 heavy (non-hydrogen) atoms. The first-order valence-electron chi connectivity index (χ1n) is 15.4. The zero-order valence-electron chi connectivity index (χ0n) is 26.4. The zero-order chi connectivity index (χ0) is 33.1. The van der Waals surface area contributed by atoms with E-state index < -0.39 is 5.91 Å². The summed E-state index contributed by atoms with van der Waals surface area (Å²) in [4.78, 5) is 22.8. The fraction of sp³-hybridized carbons (Fsp3) is 0.250. The third-order valence-corrected chi connectivity index (χ3v) is 9.03. The van der Waals surface area contributed by atoms with Crippen LogP contribution in [0.5, 0.6) is 5.75 Å². The van der Waals surface area contributed by atoms with Gasteiger partial charge in [-0.05, 0) is 84.5 Å². The van der Waals surface area contributed by atoms with Gasteiger partial charge in [0.25, 0.3) is 5.91 Å². The van der Waals surface area contributed by atoms with E-state index in [2.05, 4.69) is 39.4 Å². The number of fused-ring (bicyclic) bond motifs is 2. The fourth-order valence-electron chi connectivity index (χ4n) is 5.77. The lowest BCUT2D eigenvalue weighted by molar-refractivity contribution is 0.0999. The third-order valence-electron chi connectivity index (χ3n) is 7.84. The van der Waals surface area contributed by atoms with Crippen LogP contribution in [0, 0.1) is 18.7 Å². The van der Waals surface area contributed by atoms with Crippen LogP contribution in [0.2, 0.25) is 0 Å². The van der Waals surface area contributed by atoms with Crippen LogP contribution in [0.15, 0.2) is 71.3 Å². The summed E-state index contributed by atoms with van der Waals surface area (Å²) in [6.45, 7) is 5.73. The summed E-state index contributed by atoms with van der Waals surface area (Å²) in [5.41, 5.74) is 17.5. The normalized spacial score (nSPS) is 12.2. The van der Waals surface area contributed by atoms with Crippen molar-refractivity contribution in [1.29, 1.82) is 0 Å². The molecule has 0 atom stereocenters. The maximum atomic E-state index is 13.4. The number of ether oxygens (including phenoxy) is 1.